The fourth-order valence-corrected chi connectivity index (χ4v) is 2.35. The molecule has 0 radical (unpaired) electrons. The summed E-state index contributed by atoms with van der Waals surface area (Å²) in [5, 5.41) is 4.31. The molecule has 0 fully saturated rings. The number of hydrogen-bond acceptors (Lipinski definition) is 3. The minimum absolute atomic E-state index is 1.01. The Labute approximate surface area is 133 Å². The number of hydrogen-bond donors (Lipinski definition) is 1. The predicted molar refractivity (Wildman–Crippen MR) is 97.1 cm³/mol. The van der Waals surface area contributed by atoms with E-state index >= 15 is 0 Å². The lowest BCUT2D eigenvalue weighted by Crippen LogP contribution is -2.21. The summed E-state index contributed by atoms with van der Waals surface area (Å²) in [5.74, 6) is 0. The molecule has 0 bridgehead atoms. The van der Waals surface area contributed by atoms with Crippen LogP contribution in [0.4, 0.5) is 11.4 Å². The van der Waals surface area contributed by atoms with Gasteiger partial charge in [-0.25, -0.2) is 0 Å². The predicted octanol–water partition coefficient (Wildman–Crippen LogP) is 4.60. The first-order valence-electron chi connectivity index (χ1n) is 7.85. The maximum Gasteiger partial charge on any atom is 0.0564 e. The molecule has 3 heteroatoms. The van der Waals surface area contributed by atoms with E-state index in [-0.39, 0.29) is 0 Å². The Hall–Kier alpha value is -2.29. The summed E-state index contributed by atoms with van der Waals surface area (Å²) < 4.78 is 0. The molecule has 0 aliphatic carbocycles. The first kappa shape index (κ1) is 16.1. The molecule has 0 saturated carbocycles. The molecule has 0 aliphatic rings. The van der Waals surface area contributed by atoms with Gasteiger partial charge in [-0.2, -0.15) is 5.10 Å². The minimum Gasteiger partial charge on any atom is -0.372 e. The summed E-state index contributed by atoms with van der Waals surface area (Å²) in [6, 6.07) is 14.7. The van der Waals surface area contributed by atoms with E-state index in [1.807, 2.05) is 12.3 Å². The number of aryl methyl sites for hydroxylation is 2. The monoisotopic (exact) mass is 295 g/mol. The van der Waals surface area contributed by atoms with Crippen molar-refractivity contribution in [3.63, 3.8) is 0 Å². The Kier molecular flexibility index (Phi) is 5.59. The SMILES string of the molecule is CCN(CC)c1ccc(/C=N/Nc2ccc(C)c(C)c2)cc1. The topological polar surface area (TPSA) is 27.6 Å². The van der Waals surface area contributed by atoms with E-state index in [2.05, 4.69) is 79.5 Å². The molecule has 2 rings (SSSR count). The van der Waals surface area contributed by atoms with Gasteiger partial charge in [0.1, 0.15) is 0 Å². The van der Waals surface area contributed by atoms with Gasteiger partial charge in [0, 0.05) is 18.8 Å². The van der Waals surface area contributed by atoms with E-state index in [0.717, 1.165) is 24.3 Å². The molecule has 0 heterocycles. The van der Waals surface area contributed by atoms with Crippen molar-refractivity contribution in [2.75, 3.05) is 23.4 Å². The summed E-state index contributed by atoms with van der Waals surface area (Å²) in [6.07, 6.45) is 1.85. The lowest BCUT2D eigenvalue weighted by molar-refractivity contribution is 0.866. The van der Waals surface area contributed by atoms with E-state index in [0.29, 0.717) is 0 Å². The highest BCUT2D eigenvalue weighted by atomic mass is 15.3. The van der Waals surface area contributed by atoms with Crippen molar-refractivity contribution in [1.29, 1.82) is 0 Å². The molecule has 2 aromatic rings. The Morgan fingerprint density at radius 3 is 2.23 bits per heavy atom. The fourth-order valence-electron chi connectivity index (χ4n) is 2.35. The Morgan fingerprint density at radius 2 is 1.64 bits per heavy atom. The van der Waals surface area contributed by atoms with Crippen LogP contribution in [0.2, 0.25) is 0 Å². The average Bonchev–Trinajstić information content (AvgIpc) is 2.53. The molecule has 2 aromatic carbocycles. The molecule has 0 aromatic heterocycles. The first-order chi connectivity index (χ1) is 10.6. The van der Waals surface area contributed by atoms with Crippen molar-refractivity contribution < 1.29 is 0 Å². The number of nitrogens with zero attached hydrogens (tertiary/aromatic N) is 2. The number of benzene rings is 2. The molecular weight excluding hydrogens is 270 g/mol. The number of nitrogens with one attached hydrogen (secondary N) is 1. The van der Waals surface area contributed by atoms with E-state index in [1.54, 1.807) is 0 Å². The van der Waals surface area contributed by atoms with Crippen molar-refractivity contribution >= 4 is 17.6 Å². The van der Waals surface area contributed by atoms with Crippen LogP contribution in [0.5, 0.6) is 0 Å². The van der Waals surface area contributed by atoms with Crippen molar-refractivity contribution in [3.8, 4) is 0 Å². The Morgan fingerprint density at radius 1 is 0.955 bits per heavy atom. The second kappa shape index (κ2) is 7.64. The molecule has 0 aliphatic heterocycles. The lowest BCUT2D eigenvalue weighted by atomic mass is 10.1. The van der Waals surface area contributed by atoms with Gasteiger partial charge < -0.3 is 4.90 Å². The highest BCUT2D eigenvalue weighted by Gasteiger charge is 2.00. The van der Waals surface area contributed by atoms with E-state index in [4.69, 9.17) is 0 Å². The molecule has 116 valence electrons. The summed E-state index contributed by atoms with van der Waals surface area (Å²) in [5.41, 5.74) is 9.00. The molecule has 1 N–H and O–H groups in total. The number of rotatable bonds is 6. The zero-order valence-electron chi connectivity index (χ0n) is 13.9. The summed E-state index contributed by atoms with van der Waals surface area (Å²) in [7, 11) is 0. The first-order valence-corrected chi connectivity index (χ1v) is 7.85. The van der Waals surface area contributed by atoms with Gasteiger partial charge in [-0.1, -0.05) is 18.2 Å². The van der Waals surface area contributed by atoms with Gasteiger partial charge in [0.25, 0.3) is 0 Å². The van der Waals surface area contributed by atoms with Gasteiger partial charge in [0.2, 0.25) is 0 Å². The van der Waals surface area contributed by atoms with Gasteiger partial charge in [0.15, 0.2) is 0 Å². The van der Waals surface area contributed by atoms with Gasteiger partial charge in [0.05, 0.1) is 11.9 Å². The van der Waals surface area contributed by atoms with Crippen molar-refractivity contribution in [2.24, 2.45) is 5.10 Å². The summed E-state index contributed by atoms with van der Waals surface area (Å²) in [4.78, 5) is 2.33. The van der Waals surface area contributed by atoms with Crippen LogP contribution in [0.1, 0.15) is 30.5 Å². The highest BCUT2D eigenvalue weighted by molar-refractivity contribution is 5.81. The fraction of sp³-hybridized carbons (Fsp3) is 0.316. The van der Waals surface area contributed by atoms with Crippen LogP contribution in [-0.2, 0) is 0 Å². The third-order valence-corrected chi connectivity index (χ3v) is 3.94. The van der Waals surface area contributed by atoms with Crippen LogP contribution in [0.15, 0.2) is 47.6 Å². The zero-order chi connectivity index (χ0) is 15.9. The van der Waals surface area contributed by atoms with E-state index in [9.17, 15) is 0 Å². The second-order valence-electron chi connectivity index (χ2n) is 5.43. The normalized spacial score (nSPS) is 10.9. The Bertz CT molecular complexity index is 626. The van der Waals surface area contributed by atoms with Gasteiger partial charge in [-0.05, 0) is 68.7 Å². The molecule has 0 saturated heterocycles. The highest BCUT2D eigenvalue weighted by Crippen LogP contribution is 2.15. The smallest absolute Gasteiger partial charge is 0.0564 e. The zero-order valence-corrected chi connectivity index (χ0v) is 13.9. The molecule has 0 unspecified atom stereocenters. The van der Waals surface area contributed by atoms with Crippen LogP contribution in [0, 0.1) is 13.8 Å². The number of anilines is 2. The largest absolute Gasteiger partial charge is 0.372 e. The third-order valence-electron chi connectivity index (χ3n) is 3.94. The third kappa shape index (κ3) is 4.10. The van der Waals surface area contributed by atoms with E-state index in [1.165, 1.54) is 16.8 Å². The minimum atomic E-state index is 1.01. The molecule has 0 spiro atoms. The second-order valence-corrected chi connectivity index (χ2v) is 5.43. The van der Waals surface area contributed by atoms with Crippen molar-refractivity contribution in [1.82, 2.24) is 0 Å². The molecule has 3 nitrogen and oxygen atoms in total. The average molecular weight is 295 g/mol. The quantitative estimate of drug-likeness (QED) is 0.623. The van der Waals surface area contributed by atoms with Gasteiger partial charge >= 0.3 is 0 Å². The van der Waals surface area contributed by atoms with E-state index < -0.39 is 0 Å². The van der Waals surface area contributed by atoms with Gasteiger partial charge in [-0.3, -0.25) is 5.43 Å². The molecule has 0 atom stereocenters. The standard InChI is InChI=1S/C19H25N3/c1-5-22(6-2)19-11-8-17(9-12-19)14-20-21-18-10-7-15(3)16(4)13-18/h7-14,21H,5-6H2,1-4H3/b20-14+. The number of hydrazone groups is 1. The summed E-state index contributed by atoms with van der Waals surface area (Å²) >= 11 is 0. The molecule has 22 heavy (non-hydrogen) atoms. The Balaban J connectivity index is 1.99. The van der Waals surface area contributed by atoms with Crippen LogP contribution in [0.3, 0.4) is 0 Å². The maximum atomic E-state index is 4.31. The van der Waals surface area contributed by atoms with Gasteiger partial charge in [-0.15, -0.1) is 0 Å². The van der Waals surface area contributed by atoms with Crippen molar-refractivity contribution in [2.45, 2.75) is 27.7 Å². The maximum absolute atomic E-state index is 4.31. The molecule has 0 amide bonds. The van der Waals surface area contributed by atoms with Crippen LogP contribution in [-0.4, -0.2) is 19.3 Å². The lowest BCUT2D eigenvalue weighted by Gasteiger charge is -2.20. The van der Waals surface area contributed by atoms with Crippen molar-refractivity contribution in [3.05, 3.63) is 59.2 Å². The molecular formula is C19H25N3. The summed E-state index contributed by atoms with van der Waals surface area (Å²) in [6.45, 7) is 10.6. The van der Waals surface area contributed by atoms with Crippen LogP contribution >= 0.6 is 0 Å². The van der Waals surface area contributed by atoms with Crippen LogP contribution < -0.4 is 10.3 Å². The van der Waals surface area contributed by atoms with Crippen LogP contribution in [0.25, 0.3) is 0 Å².